The largest absolute Gasteiger partial charge is 0.311 e. The molecule has 0 saturated carbocycles. The van der Waals surface area contributed by atoms with Gasteiger partial charge < -0.3 is 14.7 Å². The third kappa shape index (κ3) is 6.19. The molecule has 11 aromatic rings. The Morgan fingerprint density at radius 2 is 0.954 bits per heavy atom. The van der Waals surface area contributed by atoms with Gasteiger partial charge in [-0.15, -0.1) is 11.3 Å². The SMILES string of the molecule is c1ccc(-c2cc(-c3ccccc3)cc(N3c4cccc5c4B(c4ccc(N(c6ccccc6)c6ccc7ccccc7c6)cc4N5c4ccccc4)c4sc5ccccc5c43)c2)cc1. The van der Waals surface area contributed by atoms with Gasteiger partial charge >= 0.3 is 0 Å². The van der Waals surface area contributed by atoms with Gasteiger partial charge in [-0.2, -0.15) is 0 Å². The van der Waals surface area contributed by atoms with Crippen LogP contribution >= 0.6 is 11.3 Å². The number of hydrogen-bond donors (Lipinski definition) is 0. The summed E-state index contributed by atoms with van der Waals surface area (Å²) in [6.07, 6.45) is 0. The molecule has 10 aromatic carbocycles. The second-order valence-electron chi connectivity index (χ2n) is 16.9. The first-order valence-electron chi connectivity index (χ1n) is 22.3. The number of fused-ring (bicyclic) bond motifs is 7. The Labute approximate surface area is 383 Å². The predicted octanol–water partition coefficient (Wildman–Crippen LogP) is 14.9. The van der Waals surface area contributed by atoms with Gasteiger partial charge in [-0.1, -0.05) is 158 Å². The smallest absolute Gasteiger partial charge is 0.264 e. The highest BCUT2D eigenvalue weighted by molar-refractivity contribution is 7.33. The Balaban J connectivity index is 1.07. The van der Waals surface area contributed by atoms with Gasteiger partial charge in [-0.3, -0.25) is 0 Å². The molecule has 1 aromatic heterocycles. The molecule has 5 heteroatoms. The van der Waals surface area contributed by atoms with Crippen LogP contribution in [0.3, 0.4) is 0 Å². The lowest BCUT2D eigenvalue weighted by Crippen LogP contribution is -2.60. The fourth-order valence-corrected chi connectivity index (χ4v) is 11.6. The van der Waals surface area contributed by atoms with E-state index >= 15 is 0 Å². The van der Waals surface area contributed by atoms with Gasteiger partial charge in [0.15, 0.2) is 0 Å². The fraction of sp³-hybridized carbons (Fsp3) is 0. The van der Waals surface area contributed by atoms with E-state index in [-0.39, 0.29) is 6.71 Å². The van der Waals surface area contributed by atoms with Crippen molar-refractivity contribution in [3.8, 4) is 22.3 Å². The van der Waals surface area contributed by atoms with Gasteiger partial charge in [0.2, 0.25) is 0 Å². The first kappa shape index (κ1) is 37.4. The monoisotopic (exact) mass is 845 g/mol. The topological polar surface area (TPSA) is 9.72 Å². The molecule has 0 bridgehead atoms. The molecule has 0 unspecified atom stereocenters. The third-order valence-corrected chi connectivity index (χ3v) is 14.4. The highest BCUT2D eigenvalue weighted by Crippen LogP contribution is 2.50. The first-order valence-corrected chi connectivity index (χ1v) is 23.1. The molecule has 2 aliphatic heterocycles. The van der Waals surface area contributed by atoms with Crippen molar-refractivity contribution in [2.75, 3.05) is 14.7 Å². The normalized spacial score (nSPS) is 12.5. The number of benzene rings is 10. The van der Waals surface area contributed by atoms with Crippen LogP contribution in [-0.2, 0) is 0 Å². The lowest BCUT2D eigenvalue weighted by atomic mass is 9.36. The molecular formula is C60H40BN3S. The van der Waals surface area contributed by atoms with Crippen LogP contribution in [0.4, 0.5) is 51.2 Å². The van der Waals surface area contributed by atoms with Crippen molar-refractivity contribution in [3.05, 3.63) is 243 Å². The molecule has 0 amide bonds. The molecule has 0 spiro atoms. The van der Waals surface area contributed by atoms with E-state index in [0.717, 1.165) is 28.4 Å². The van der Waals surface area contributed by atoms with Gasteiger partial charge in [0.25, 0.3) is 6.71 Å². The average molecular weight is 846 g/mol. The van der Waals surface area contributed by atoms with Gasteiger partial charge in [0.1, 0.15) is 0 Å². The van der Waals surface area contributed by atoms with Crippen molar-refractivity contribution in [1.29, 1.82) is 0 Å². The van der Waals surface area contributed by atoms with E-state index in [2.05, 4.69) is 257 Å². The highest BCUT2D eigenvalue weighted by Gasteiger charge is 2.45. The third-order valence-electron chi connectivity index (χ3n) is 13.1. The van der Waals surface area contributed by atoms with E-state index in [9.17, 15) is 0 Å². The number of anilines is 9. The van der Waals surface area contributed by atoms with Gasteiger partial charge in [0.05, 0.1) is 5.69 Å². The number of rotatable bonds is 7. The maximum Gasteiger partial charge on any atom is 0.264 e. The number of nitrogens with zero attached hydrogens (tertiary/aromatic N) is 3. The molecule has 65 heavy (non-hydrogen) atoms. The standard InChI is InChI=1S/C60H40BN3S/c1-5-18-41(19-6-1)45-36-46(42-20-7-2-8-21-42)39-51(38-45)64-55-30-17-29-54-58(55)61(60-59(64)52-28-15-16-31-57(52)65-60)53-35-34-50(40-56(53)63(54)48-26-11-4-12-27-48)62(47-24-9-3-10-25-47)49-33-32-43-22-13-14-23-44(43)37-49/h1-40H. The minimum Gasteiger partial charge on any atom is -0.311 e. The first-order chi connectivity index (χ1) is 32.2. The van der Waals surface area contributed by atoms with E-state index < -0.39 is 0 Å². The van der Waals surface area contributed by atoms with Crippen molar-refractivity contribution in [1.82, 2.24) is 0 Å². The van der Waals surface area contributed by atoms with Crippen molar-refractivity contribution in [3.63, 3.8) is 0 Å². The van der Waals surface area contributed by atoms with E-state index in [4.69, 9.17) is 0 Å². The molecule has 0 aliphatic carbocycles. The minimum absolute atomic E-state index is 0.00519. The van der Waals surface area contributed by atoms with Crippen LogP contribution in [0.1, 0.15) is 0 Å². The maximum absolute atomic E-state index is 2.57. The van der Waals surface area contributed by atoms with Crippen molar-refractivity contribution < 1.29 is 0 Å². The molecule has 304 valence electrons. The van der Waals surface area contributed by atoms with Gasteiger partial charge in [0, 0.05) is 60.4 Å². The van der Waals surface area contributed by atoms with Crippen molar-refractivity contribution in [2.45, 2.75) is 0 Å². The van der Waals surface area contributed by atoms with Crippen LogP contribution in [0.2, 0.25) is 0 Å². The summed E-state index contributed by atoms with van der Waals surface area (Å²) < 4.78 is 2.64. The van der Waals surface area contributed by atoms with Crippen molar-refractivity contribution >= 4 is 106 Å². The zero-order valence-corrected chi connectivity index (χ0v) is 36.2. The highest BCUT2D eigenvalue weighted by atomic mass is 32.1. The lowest BCUT2D eigenvalue weighted by Gasteiger charge is -2.43. The summed E-state index contributed by atoms with van der Waals surface area (Å²) in [4.78, 5) is 7.48. The molecule has 0 fully saturated rings. The Kier molecular flexibility index (Phi) is 8.81. The molecular weight excluding hydrogens is 806 g/mol. The summed E-state index contributed by atoms with van der Waals surface area (Å²) in [5.41, 5.74) is 17.8. The molecule has 13 rings (SSSR count). The van der Waals surface area contributed by atoms with Crippen LogP contribution in [0.15, 0.2) is 243 Å². The van der Waals surface area contributed by atoms with E-state index in [1.54, 1.807) is 0 Å². The number of thiophene rings is 1. The van der Waals surface area contributed by atoms with Crippen LogP contribution in [-0.4, -0.2) is 6.71 Å². The van der Waals surface area contributed by atoms with Crippen molar-refractivity contribution in [2.24, 2.45) is 0 Å². The quantitative estimate of drug-likeness (QED) is 0.148. The zero-order chi connectivity index (χ0) is 42.8. The summed E-state index contributed by atoms with van der Waals surface area (Å²) in [5, 5.41) is 3.71. The summed E-state index contributed by atoms with van der Waals surface area (Å²) in [6, 6.07) is 88.9. The van der Waals surface area contributed by atoms with Crippen LogP contribution < -0.4 is 30.4 Å². The van der Waals surface area contributed by atoms with Gasteiger partial charge in [-0.05, 0) is 129 Å². The summed E-state index contributed by atoms with van der Waals surface area (Å²) >= 11 is 1.93. The molecule has 3 heterocycles. The number of hydrogen-bond acceptors (Lipinski definition) is 4. The summed E-state index contributed by atoms with van der Waals surface area (Å²) in [7, 11) is 0. The molecule has 0 N–H and O–H groups in total. The average Bonchev–Trinajstić information content (AvgIpc) is 3.76. The Hall–Kier alpha value is -8.12. The van der Waals surface area contributed by atoms with Crippen LogP contribution in [0.5, 0.6) is 0 Å². The second kappa shape index (κ2) is 15.3. The molecule has 2 aliphatic rings. The predicted molar refractivity (Wildman–Crippen MR) is 279 cm³/mol. The van der Waals surface area contributed by atoms with Crippen LogP contribution in [0, 0.1) is 0 Å². The Morgan fingerprint density at radius 3 is 1.68 bits per heavy atom. The molecule has 0 saturated heterocycles. The summed E-state index contributed by atoms with van der Waals surface area (Å²) in [6.45, 7) is 0.00519. The fourth-order valence-electron chi connectivity index (χ4n) is 10.3. The second-order valence-corrected chi connectivity index (χ2v) is 18.0. The van der Waals surface area contributed by atoms with E-state index in [1.165, 1.54) is 81.6 Å². The molecule has 0 radical (unpaired) electrons. The minimum atomic E-state index is 0.00519. The summed E-state index contributed by atoms with van der Waals surface area (Å²) in [5.74, 6) is 0. The van der Waals surface area contributed by atoms with Gasteiger partial charge in [-0.25, -0.2) is 0 Å². The molecule has 3 nitrogen and oxygen atoms in total. The lowest BCUT2D eigenvalue weighted by molar-refractivity contribution is 1.25. The maximum atomic E-state index is 2.57. The molecule has 0 atom stereocenters. The Morgan fingerprint density at radius 1 is 0.369 bits per heavy atom. The van der Waals surface area contributed by atoms with E-state index in [0.29, 0.717) is 0 Å². The van der Waals surface area contributed by atoms with Crippen LogP contribution in [0.25, 0.3) is 43.1 Å². The van der Waals surface area contributed by atoms with E-state index in [1.807, 2.05) is 11.3 Å². The Bertz CT molecular complexity index is 3520. The zero-order valence-electron chi connectivity index (χ0n) is 35.4. The number of para-hydroxylation sites is 2.